The minimum atomic E-state index is -1.12. The highest BCUT2D eigenvalue weighted by molar-refractivity contribution is 6.31. The molecule has 0 amide bonds. The predicted molar refractivity (Wildman–Crippen MR) is 94.8 cm³/mol. The van der Waals surface area contributed by atoms with Gasteiger partial charge in [0.15, 0.2) is 17.6 Å². The number of rotatable bonds is 4. The van der Waals surface area contributed by atoms with Crippen molar-refractivity contribution in [2.24, 2.45) is 0 Å². The lowest BCUT2D eigenvalue weighted by Crippen LogP contribution is -2.43. The Morgan fingerprint density at radius 2 is 1.68 bits per heavy atom. The monoisotopic (exact) mass is 337 g/mol. The number of carbonyl (C=O) groups excluding carboxylic acids is 2. The fraction of sp³-hybridized carbons (Fsp3) is 0.250. The van der Waals surface area contributed by atoms with Gasteiger partial charge in [0.1, 0.15) is 0 Å². The maximum atomic E-state index is 12.9. The van der Waals surface area contributed by atoms with Crippen molar-refractivity contribution >= 4 is 23.2 Å². The first kappa shape index (κ1) is 16.9. The topological polar surface area (TPSA) is 74.7 Å². The third-order valence-corrected chi connectivity index (χ3v) is 4.77. The van der Waals surface area contributed by atoms with E-state index in [0.29, 0.717) is 12.1 Å². The first-order chi connectivity index (χ1) is 11.8. The van der Waals surface area contributed by atoms with Gasteiger partial charge >= 0.3 is 5.97 Å². The van der Waals surface area contributed by atoms with Gasteiger partial charge < -0.3 is 10.0 Å². The number of benzene rings is 2. The van der Waals surface area contributed by atoms with Crippen molar-refractivity contribution in [1.29, 1.82) is 0 Å². The van der Waals surface area contributed by atoms with Crippen LogP contribution in [0.1, 0.15) is 49.1 Å². The Hall–Kier alpha value is -2.95. The summed E-state index contributed by atoms with van der Waals surface area (Å²) in [7, 11) is 0. The summed E-state index contributed by atoms with van der Waals surface area (Å²) >= 11 is 0. The molecule has 0 saturated heterocycles. The second-order valence-electron chi connectivity index (χ2n) is 6.25. The van der Waals surface area contributed by atoms with Gasteiger partial charge in [0, 0.05) is 23.4 Å². The van der Waals surface area contributed by atoms with Gasteiger partial charge in [-0.2, -0.15) is 0 Å². The van der Waals surface area contributed by atoms with E-state index in [0.717, 1.165) is 16.8 Å². The normalized spacial score (nSPS) is 16.0. The Balaban J connectivity index is 2.04. The molecule has 0 saturated carbocycles. The number of ketones is 2. The van der Waals surface area contributed by atoms with E-state index in [1.54, 1.807) is 4.90 Å². The number of likely N-dealkylation sites (N-methyl/N-ethyl adjacent to an activating group) is 1. The van der Waals surface area contributed by atoms with Gasteiger partial charge in [-0.15, -0.1) is 0 Å². The van der Waals surface area contributed by atoms with Crippen molar-refractivity contribution in [1.82, 2.24) is 0 Å². The molecule has 1 atom stereocenters. The van der Waals surface area contributed by atoms with Crippen molar-refractivity contribution in [3.63, 3.8) is 0 Å². The van der Waals surface area contributed by atoms with E-state index < -0.39 is 12.0 Å². The quantitative estimate of drug-likeness (QED) is 0.867. The Kier molecular flexibility index (Phi) is 4.17. The maximum absolute atomic E-state index is 12.9. The van der Waals surface area contributed by atoms with E-state index >= 15 is 0 Å². The molecule has 0 aromatic heterocycles. The van der Waals surface area contributed by atoms with Gasteiger partial charge in [0.2, 0.25) is 0 Å². The lowest BCUT2D eigenvalue weighted by molar-refractivity contribution is 0.0696. The average molecular weight is 337 g/mol. The fourth-order valence-electron chi connectivity index (χ4n) is 3.21. The molecule has 25 heavy (non-hydrogen) atoms. The van der Waals surface area contributed by atoms with Gasteiger partial charge in [0.25, 0.3) is 0 Å². The summed E-state index contributed by atoms with van der Waals surface area (Å²) in [5.41, 5.74) is 3.52. The molecular weight excluding hydrogens is 318 g/mol. The SMILES string of the molecule is CCN(c1ccc(C)c(C)c1)C1C(=O)c2ccc(C(=O)O)cc2C1=O. The molecule has 1 aliphatic rings. The summed E-state index contributed by atoms with van der Waals surface area (Å²) in [5, 5.41) is 9.12. The lowest BCUT2D eigenvalue weighted by Gasteiger charge is -2.28. The number of fused-ring (bicyclic) bond motifs is 1. The maximum Gasteiger partial charge on any atom is 0.335 e. The van der Waals surface area contributed by atoms with Gasteiger partial charge in [-0.3, -0.25) is 9.59 Å². The van der Waals surface area contributed by atoms with Crippen LogP contribution < -0.4 is 4.90 Å². The first-order valence-electron chi connectivity index (χ1n) is 8.14. The van der Waals surface area contributed by atoms with Crippen molar-refractivity contribution in [2.75, 3.05) is 11.4 Å². The number of carboxylic acids is 1. The number of aryl methyl sites for hydroxylation is 2. The summed E-state index contributed by atoms with van der Waals surface area (Å²) in [4.78, 5) is 38.6. The molecule has 0 radical (unpaired) electrons. The predicted octanol–water partition coefficient (Wildman–Crippen LogP) is 3.28. The fourth-order valence-corrected chi connectivity index (χ4v) is 3.21. The van der Waals surface area contributed by atoms with Gasteiger partial charge in [-0.1, -0.05) is 6.07 Å². The summed E-state index contributed by atoms with van der Waals surface area (Å²) in [6.45, 7) is 6.37. The van der Waals surface area contributed by atoms with E-state index in [1.165, 1.54) is 18.2 Å². The van der Waals surface area contributed by atoms with E-state index in [4.69, 9.17) is 5.11 Å². The van der Waals surface area contributed by atoms with Crippen LogP contribution in [0.4, 0.5) is 5.69 Å². The van der Waals surface area contributed by atoms with Crippen molar-refractivity contribution < 1.29 is 19.5 Å². The highest BCUT2D eigenvalue weighted by Gasteiger charge is 2.42. The molecular formula is C20H19NO4. The summed E-state index contributed by atoms with van der Waals surface area (Å²) in [6, 6.07) is 8.99. The van der Waals surface area contributed by atoms with Crippen LogP contribution in [-0.2, 0) is 0 Å². The van der Waals surface area contributed by atoms with Crippen LogP contribution >= 0.6 is 0 Å². The smallest absolute Gasteiger partial charge is 0.335 e. The average Bonchev–Trinajstić information content (AvgIpc) is 2.83. The second kappa shape index (κ2) is 6.16. The molecule has 0 aliphatic heterocycles. The number of aromatic carboxylic acids is 1. The Bertz CT molecular complexity index is 901. The molecule has 3 rings (SSSR count). The molecule has 5 nitrogen and oxygen atoms in total. The minimum absolute atomic E-state index is 0.00905. The van der Waals surface area contributed by atoms with Crippen LogP contribution in [0.15, 0.2) is 36.4 Å². The van der Waals surface area contributed by atoms with Crippen LogP contribution in [0.5, 0.6) is 0 Å². The zero-order valence-corrected chi connectivity index (χ0v) is 14.4. The molecule has 0 fully saturated rings. The van der Waals surface area contributed by atoms with E-state index in [9.17, 15) is 14.4 Å². The molecule has 1 N–H and O–H groups in total. The van der Waals surface area contributed by atoms with Gasteiger partial charge in [0.05, 0.1) is 5.56 Å². The van der Waals surface area contributed by atoms with Crippen molar-refractivity contribution in [2.45, 2.75) is 26.8 Å². The van der Waals surface area contributed by atoms with Crippen LogP contribution in [-0.4, -0.2) is 35.2 Å². The number of hydrogen-bond donors (Lipinski definition) is 1. The van der Waals surface area contributed by atoms with Gasteiger partial charge in [-0.25, -0.2) is 4.79 Å². The molecule has 1 unspecified atom stereocenters. The van der Waals surface area contributed by atoms with E-state index in [-0.39, 0.29) is 22.7 Å². The number of Topliss-reactive ketones (excluding diaryl/α,β-unsaturated/α-hetero) is 2. The molecule has 2 aromatic carbocycles. The number of carboxylic acid groups (broad SMARTS) is 1. The van der Waals surface area contributed by atoms with Crippen LogP contribution in [0, 0.1) is 13.8 Å². The molecule has 1 aliphatic carbocycles. The molecule has 5 heteroatoms. The van der Waals surface area contributed by atoms with Crippen LogP contribution in [0.25, 0.3) is 0 Å². The Labute approximate surface area is 145 Å². The Morgan fingerprint density at radius 1 is 1.00 bits per heavy atom. The summed E-state index contributed by atoms with van der Waals surface area (Å²) < 4.78 is 0. The second-order valence-corrected chi connectivity index (χ2v) is 6.25. The molecule has 0 spiro atoms. The molecule has 0 bridgehead atoms. The standard InChI is InChI=1S/C20H19NO4/c1-4-21(14-7-5-11(2)12(3)9-14)17-18(22)15-8-6-13(20(24)25)10-16(15)19(17)23/h5-10,17H,4H2,1-3H3,(H,24,25). The van der Waals surface area contributed by atoms with Crippen LogP contribution in [0.2, 0.25) is 0 Å². The van der Waals surface area contributed by atoms with Crippen LogP contribution in [0.3, 0.4) is 0 Å². The minimum Gasteiger partial charge on any atom is -0.478 e. The summed E-state index contributed by atoms with van der Waals surface area (Å²) in [5.74, 6) is -1.74. The number of hydrogen-bond acceptors (Lipinski definition) is 4. The molecule has 128 valence electrons. The molecule has 0 heterocycles. The highest BCUT2D eigenvalue weighted by Crippen LogP contribution is 2.30. The number of nitrogens with zero attached hydrogens (tertiary/aromatic N) is 1. The third-order valence-electron chi connectivity index (χ3n) is 4.77. The van der Waals surface area contributed by atoms with Crippen molar-refractivity contribution in [3.8, 4) is 0 Å². The lowest BCUT2D eigenvalue weighted by atomic mass is 10.1. The zero-order chi connectivity index (χ0) is 18.3. The number of carbonyl (C=O) groups is 3. The van der Waals surface area contributed by atoms with E-state index in [1.807, 2.05) is 39.0 Å². The Morgan fingerprint density at radius 3 is 2.28 bits per heavy atom. The molecule has 2 aromatic rings. The third kappa shape index (κ3) is 2.71. The zero-order valence-electron chi connectivity index (χ0n) is 14.4. The van der Waals surface area contributed by atoms with Crippen molar-refractivity contribution in [3.05, 3.63) is 64.2 Å². The van der Waals surface area contributed by atoms with Gasteiger partial charge in [-0.05, 0) is 62.2 Å². The largest absolute Gasteiger partial charge is 0.478 e. The van der Waals surface area contributed by atoms with E-state index in [2.05, 4.69) is 0 Å². The summed E-state index contributed by atoms with van der Waals surface area (Å²) in [6.07, 6.45) is 0. The highest BCUT2D eigenvalue weighted by atomic mass is 16.4. The number of anilines is 1. The first-order valence-corrected chi connectivity index (χ1v) is 8.14.